The van der Waals surface area contributed by atoms with Crippen LogP contribution in [0.15, 0.2) is 6.07 Å². The van der Waals surface area contributed by atoms with Crippen LogP contribution >= 0.6 is 0 Å². The number of nitrogens with two attached hydrogens (primary N) is 1. The second-order valence-electron chi connectivity index (χ2n) is 2.26. The van der Waals surface area contributed by atoms with Crippen LogP contribution in [-0.2, 0) is 9.53 Å². The summed E-state index contributed by atoms with van der Waals surface area (Å²) in [6, 6.07) is 1.59. The number of anilines is 1. The van der Waals surface area contributed by atoms with E-state index >= 15 is 0 Å². The molecule has 5 heteroatoms. The number of ether oxygens (including phenoxy) is 1. The highest BCUT2D eigenvalue weighted by Crippen LogP contribution is 1.97. The Kier molecular flexibility index (Phi) is 2.92. The molecule has 1 heterocycles. The number of aromatic nitrogens is 2. The fraction of sp³-hybridized carbons (Fsp3) is 0.250. The van der Waals surface area contributed by atoms with Gasteiger partial charge in [0.05, 0.1) is 7.11 Å². The van der Waals surface area contributed by atoms with E-state index in [-0.39, 0.29) is 12.4 Å². The highest BCUT2D eigenvalue weighted by molar-refractivity contribution is 5.72. The third-order valence-electron chi connectivity index (χ3n) is 1.28. The van der Waals surface area contributed by atoms with Gasteiger partial charge in [-0.2, -0.15) is 5.10 Å². The predicted molar refractivity (Wildman–Crippen MR) is 46.5 cm³/mol. The van der Waals surface area contributed by atoms with Crippen molar-refractivity contribution in [3.63, 3.8) is 0 Å². The Balaban J connectivity index is 2.53. The van der Waals surface area contributed by atoms with Gasteiger partial charge in [0.1, 0.15) is 17.9 Å². The number of esters is 1. The Labute approximate surface area is 75.3 Å². The Morgan fingerprint density at radius 2 is 2.62 bits per heavy atom. The average molecular weight is 179 g/mol. The minimum atomic E-state index is -0.361. The Morgan fingerprint density at radius 3 is 3.15 bits per heavy atom. The van der Waals surface area contributed by atoms with Crippen LogP contribution in [0.2, 0.25) is 0 Å². The molecule has 0 aliphatic carbocycles. The molecule has 0 unspecified atom stereocenters. The van der Waals surface area contributed by atoms with E-state index in [1.165, 1.54) is 7.11 Å². The van der Waals surface area contributed by atoms with Gasteiger partial charge < -0.3 is 10.5 Å². The molecule has 0 fully saturated rings. The Hall–Kier alpha value is -1.96. The Morgan fingerprint density at radius 1 is 1.85 bits per heavy atom. The number of carbonyl (C=O) groups is 1. The summed E-state index contributed by atoms with van der Waals surface area (Å²) in [4.78, 5) is 10.6. The van der Waals surface area contributed by atoms with Gasteiger partial charge in [-0.05, 0) is 5.92 Å². The number of nitrogen functional groups attached to an aromatic ring is 1. The molecule has 0 amide bonds. The van der Waals surface area contributed by atoms with E-state index < -0.39 is 0 Å². The van der Waals surface area contributed by atoms with Crippen molar-refractivity contribution in [1.82, 2.24) is 10.2 Å². The highest BCUT2D eigenvalue weighted by Gasteiger charge is 1.94. The monoisotopic (exact) mass is 179 g/mol. The number of H-pyrrole nitrogens is 1. The van der Waals surface area contributed by atoms with Gasteiger partial charge in [-0.15, -0.1) is 0 Å². The number of rotatable bonds is 1. The van der Waals surface area contributed by atoms with Gasteiger partial charge in [-0.3, -0.25) is 9.89 Å². The third kappa shape index (κ3) is 2.87. The summed E-state index contributed by atoms with van der Waals surface area (Å²) in [5.41, 5.74) is 5.92. The minimum Gasteiger partial charge on any atom is -0.468 e. The van der Waals surface area contributed by atoms with Gasteiger partial charge in [-0.25, -0.2) is 0 Å². The maximum absolute atomic E-state index is 10.6. The number of nitrogens with zero attached hydrogens (tertiary/aromatic N) is 1. The fourth-order valence-electron chi connectivity index (χ4n) is 0.685. The maximum atomic E-state index is 10.6. The number of carbonyl (C=O) groups excluding carboxylic acids is 1. The zero-order valence-corrected chi connectivity index (χ0v) is 7.13. The zero-order valence-electron chi connectivity index (χ0n) is 7.13. The first kappa shape index (κ1) is 9.13. The minimum absolute atomic E-state index is 0.0649. The molecular weight excluding hydrogens is 170 g/mol. The van der Waals surface area contributed by atoms with Crippen LogP contribution in [-0.4, -0.2) is 23.3 Å². The molecular formula is C8H9N3O2. The van der Waals surface area contributed by atoms with Gasteiger partial charge in [0.2, 0.25) is 0 Å². The van der Waals surface area contributed by atoms with E-state index in [1.807, 2.05) is 0 Å². The topological polar surface area (TPSA) is 81.0 Å². The molecule has 0 atom stereocenters. The molecule has 1 aromatic heterocycles. The predicted octanol–water partition coefficient (Wildman–Crippen LogP) is -0.0935. The zero-order chi connectivity index (χ0) is 9.68. The fourth-order valence-corrected chi connectivity index (χ4v) is 0.685. The van der Waals surface area contributed by atoms with Gasteiger partial charge in [0, 0.05) is 6.07 Å². The van der Waals surface area contributed by atoms with Crippen molar-refractivity contribution >= 4 is 11.8 Å². The highest BCUT2D eigenvalue weighted by atomic mass is 16.5. The van der Waals surface area contributed by atoms with Crippen LogP contribution in [0.1, 0.15) is 12.1 Å². The van der Waals surface area contributed by atoms with Crippen LogP contribution in [0.25, 0.3) is 0 Å². The molecule has 3 N–H and O–H groups in total. The van der Waals surface area contributed by atoms with Crippen LogP contribution in [0.5, 0.6) is 0 Å². The van der Waals surface area contributed by atoms with Crippen molar-refractivity contribution in [2.45, 2.75) is 6.42 Å². The van der Waals surface area contributed by atoms with E-state index in [2.05, 4.69) is 26.8 Å². The molecule has 0 aromatic carbocycles. The molecule has 1 rings (SSSR count). The quantitative estimate of drug-likeness (QED) is 0.466. The first-order valence-electron chi connectivity index (χ1n) is 3.59. The average Bonchev–Trinajstić information content (AvgIpc) is 2.51. The van der Waals surface area contributed by atoms with Crippen LogP contribution in [0.3, 0.4) is 0 Å². The number of methoxy groups -OCH3 is 1. The summed E-state index contributed by atoms with van der Waals surface area (Å²) >= 11 is 0. The summed E-state index contributed by atoms with van der Waals surface area (Å²) in [5, 5.41) is 6.27. The van der Waals surface area contributed by atoms with E-state index in [0.717, 1.165) is 0 Å². The number of nitrogens with one attached hydrogen (secondary N) is 1. The molecule has 0 saturated heterocycles. The van der Waals surface area contributed by atoms with E-state index in [1.54, 1.807) is 6.07 Å². The van der Waals surface area contributed by atoms with Crippen molar-refractivity contribution < 1.29 is 9.53 Å². The molecule has 0 radical (unpaired) electrons. The normalized spacial score (nSPS) is 8.69. The van der Waals surface area contributed by atoms with Gasteiger partial charge in [-0.1, -0.05) is 5.92 Å². The largest absolute Gasteiger partial charge is 0.468 e. The Bertz CT molecular complexity index is 359. The third-order valence-corrected chi connectivity index (χ3v) is 1.28. The van der Waals surface area contributed by atoms with Crippen molar-refractivity contribution in [3.8, 4) is 11.8 Å². The molecule has 1 aromatic rings. The van der Waals surface area contributed by atoms with Crippen molar-refractivity contribution in [3.05, 3.63) is 11.8 Å². The SMILES string of the molecule is COC(=O)CC#Cc1cc(N)n[nH]1. The first-order chi connectivity index (χ1) is 6.22. The lowest BCUT2D eigenvalue weighted by atomic mass is 10.3. The lowest BCUT2D eigenvalue weighted by Crippen LogP contribution is -1.96. The van der Waals surface area contributed by atoms with Crippen LogP contribution in [0, 0.1) is 11.8 Å². The molecule has 0 aliphatic heterocycles. The maximum Gasteiger partial charge on any atom is 0.317 e. The standard InChI is InChI=1S/C8H9N3O2/c1-13-8(12)4-2-3-6-5-7(9)11-10-6/h5H,4H2,1H3,(H3,9,10,11). The lowest BCUT2D eigenvalue weighted by molar-refractivity contribution is -0.139. The molecule has 13 heavy (non-hydrogen) atoms. The van der Waals surface area contributed by atoms with Crippen LogP contribution < -0.4 is 5.73 Å². The summed E-state index contributed by atoms with van der Waals surface area (Å²) in [5.74, 6) is 5.31. The molecule has 0 saturated carbocycles. The second kappa shape index (κ2) is 4.16. The van der Waals surface area contributed by atoms with E-state index in [9.17, 15) is 4.79 Å². The van der Waals surface area contributed by atoms with Gasteiger partial charge in [0.25, 0.3) is 0 Å². The molecule has 68 valence electrons. The molecule has 0 bridgehead atoms. The van der Waals surface area contributed by atoms with Crippen LogP contribution in [0.4, 0.5) is 5.82 Å². The van der Waals surface area contributed by atoms with Crippen molar-refractivity contribution in [1.29, 1.82) is 0 Å². The van der Waals surface area contributed by atoms with Gasteiger partial charge in [0.15, 0.2) is 0 Å². The van der Waals surface area contributed by atoms with E-state index in [4.69, 9.17) is 5.73 Å². The summed E-state index contributed by atoms with van der Waals surface area (Å²) in [6.07, 6.45) is 0.0649. The van der Waals surface area contributed by atoms with Crippen molar-refractivity contribution in [2.75, 3.05) is 12.8 Å². The number of hydrogen-bond acceptors (Lipinski definition) is 4. The summed E-state index contributed by atoms with van der Waals surface area (Å²) in [6.45, 7) is 0. The number of hydrogen-bond donors (Lipinski definition) is 2. The van der Waals surface area contributed by atoms with E-state index in [0.29, 0.717) is 11.5 Å². The first-order valence-corrected chi connectivity index (χ1v) is 3.59. The molecule has 5 nitrogen and oxygen atoms in total. The summed E-state index contributed by atoms with van der Waals surface area (Å²) in [7, 11) is 1.32. The van der Waals surface area contributed by atoms with Gasteiger partial charge >= 0.3 is 5.97 Å². The number of aromatic amines is 1. The second-order valence-corrected chi connectivity index (χ2v) is 2.26. The van der Waals surface area contributed by atoms with Crippen molar-refractivity contribution in [2.24, 2.45) is 0 Å². The summed E-state index contributed by atoms with van der Waals surface area (Å²) < 4.78 is 4.40. The molecule has 0 aliphatic rings. The lowest BCUT2D eigenvalue weighted by Gasteiger charge is -1.88. The molecule has 0 spiro atoms. The smallest absolute Gasteiger partial charge is 0.317 e.